The van der Waals surface area contributed by atoms with Gasteiger partial charge in [0.1, 0.15) is 5.82 Å². The largest absolute Gasteiger partial charge is 0.319 e. The maximum Gasteiger partial charge on any atom is 0.265 e. The molecule has 1 aromatic heterocycles. The molecule has 1 amide bonds. The molecule has 25 heavy (non-hydrogen) atoms. The predicted molar refractivity (Wildman–Crippen MR) is 97.7 cm³/mol. The number of thiophene rings is 1. The third kappa shape index (κ3) is 4.27. The van der Waals surface area contributed by atoms with Crippen molar-refractivity contribution in [3.63, 3.8) is 0 Å². The van der Waals surface area contributed by atoms with E-state index in [1.54, 1.807) is 0 Å². The predicted octanol–water partition coefficient (Wildman–Crippen LogP) is 4.20. The van der Waals surface area contributed by atoms with Crippen LogP contribution in [0.2, 0.25) is 0 Å². The Morgan fingerprint density at radius 3 is 2.56 bits per heavy atom. The Balaban J connectivity index is 1.84. The summed E-state index contributed by atoms with van der Waals surface area (Å²) in [4.78, 5) is 14.2. The number of halogens is 1. The van der Waals surface area contributed by atoms with E-state index in [0.29, 0.717) is 4.88 Å². The molecule has 3 rings (SSSR count). The Hall–Kier alpha value is -1.73. The fourth-order valence-electron chi connectivity index (χ4n) is 2.97. The third-order valence-electron chi connectivity index (χ3n) is 4.33. The van der Waals surface area contributed by atoms with Crippen LogP contribution in [0.25, 0.3) is 0 Å². The standard InChI is InChI=1S/C18H20FNO3S2/c1-25(22,23)13-8-9-14(19)15(11-13)20-18(21)17-10-12-6-4-2-3-5-7-16(12)24-17/h8-11H,2-7H2,1H3,(H,20,21). The molecule has 134 valence electrons. The lowest BCUT2D eigenvalue weighted by atomic mass is 10.00. The van der Waals surface area contributed by atoms with E-state index in [-0.39, 0.29) is 10.6 Å². The smallest absolute Gasteiger partial charge is 0.265 e. The summed E-state index contributed by atoms with van der Waals surface area (Å²) < 4.78 is 37.2. The molecule has 0 fully saturated rings. The van der Waals surface area contributed by atoms with Crippen molar-refractivity contribution in [1.29, 1.82) is 0 Å². The Morgan fingerprint density at radius 2 is 1.84 bits per heavy atom. The number of hydrogen-bond donors (Lipinski definition) is 1. The zero-order valence-corrected chi connectivity index (χ0v) is 15.6. The van der Waals surface area contributed by atoms with Gasteiger partial charge in [-0.3, -0.25) is 4.79 Å². The van der Waals surface area contributed by atoms with Crippen LogP contribution in [0.1, 0.15) is 45.8 Å². The normalized spacial score (nSPS) is 15.1. The first-order valence-corrected chi connectivity index (χ1v) is 11.0. The number of sulfone groups is 1. The average Bonchev–Trinajstić information content (AvgIpc) is 2.90. The van der Waals surface area contributed by atoms with Crippen molar-refractivity contribution in [3.8, 4) is 0 Å². The highest BCUT2D eigenvalue weighted by Gasteiger charge is 2.18. The van der Waals surface area contributed by atoms with E-state index in [1.165, 1.54) is 40.7 Å². The van der Waals surface area contributed by atoms with Gasteiger partial charge in [-0.15, -0.1) is 11.3 Å². The molecule has 1 aliphatic carbocycles. The second-order valence-electron chi connectivity index (χ2n) is 6.34. The molecule has 4 nitrogen and oxygen atoms in total. The molecule has 0 saturated heterocycles. The van der Waals surface area contributed by atoms with Crippen molar-refractivity contribution in [2.45, 2.75) is 43.4 Å². The minimum absolute atomic E-state index is 0.0253. The van der Waals surface area contributed by atoms with Crippen molar-refractivity contribution in [2.75, 3.05) is 11.6 Å². The van der Waals surface area contributed by atoms with Crippen LogP contribution in [-0.4, -0.2) is 20.6 Å². The monoisotopic (exact) mass is 381 g/mol. The summed E-state index contributed by atoms with van der Waals surface area (Å²) in [6, 6.07) is 5.29. The number of carbonyl (C=O) groups excluding carboxylic acids is 1. The average molecular weight is 381 g/mol. The molecule has 0 aliphatic heterocycles. The van der Waals surface area contributed by atoms with E-state index in [4.69, 9.17) is 0 Å². The van der Waals surface area contributed by atoms with Crippen LogP contribution in [-0.2, 0) is 22.7 Å². The lowest BCUT2D eigenvalue weighted by molar-refractivity contribution is 0.103. The number of amides is 1. The summed E-state index contributed by atoms with van der Waals surface area (Å²) in [5.74, 6) is -1.06. The molecule has 1 aliphatic rings. The van der Waals surface area contributed by atoms with Crippen LogP contribution in [0.5, 0.6) is 0 Å². The summed E-state index contributed by atoms with van der Waals surface area (Å²) >= 11 is 1.45. The highest BCUT2D eigenvalue weighted by molar-refractivity contribution is 7.90. The lowest BCUT2D eigenvalue weighted by Gasteiger charge is -2.07. The number of carbonyl (C=O) groups is 1. The highest BCUT2D eigenvalue weighted by Crippen LogP contribution is 2.29. The number of aryl methyl sites for hydroxylation is 2. The molecule has 0 bridgehead atoms. The van der Waals surface area contributed by atoms with E-state index < -0.39 is 21.6 Å². The summed E-state index contributed by atoms with van der Waals surface area (Å²) in [6.07, 6.45) is 7.66. The topological polar surface area (TPSA) is 63.2 Å². The van der Waals surface area contributed by atoms with Gasteiger partial charge in [0, 0.05) is 11.1 Å². The van der Waals surface area contributed by atoms with Crippen LogP contribution < -0.4 is 5.32 Å². The van der Waals surface area contributed by atoms with E-state index >= 15 is 0 Å². The number of rotatable bonds is 3. The molecular formula is C18H20FNO3S2. The zero-order chi connectivity index (χ0) is 18.0. The summed E-state index contributed by atoms with van der Waals surface area (Å²) in [5, 5.41) is 2.51. The molecule has 0 spiro atoms. The van der Waals surface area contributed by atoms with Gasteiger partial charge in [-0.25, -0.2) is 12.8 Å². The van der Waals surface area contributed by atoms with Gasteiger partial charge in [0.05, 0.1) is 15.5 Å². The number of anilines is 1. The first-order chi connectivity index (χ1) is 11.8. The van der Waals surface area contributed by atoms with Crippen molar-refractivity contribution in [1.82, 2.24) is 0 Å². The molecule has 1 aromatic carbocycles. The number of nitrogens with one attached hydrogen (secondary N) is 1. The number of benzene rings is 1. The van der Waals surface area contributed by atoms with Crippen LogP contribution in [0.3, 0.4) is 0 Å². The molecule has 0 radical (unpaired) electrons. The number of hydrogen-bond acceptors (Lipinski definition) is 4. The first kappa shape index (κ1) is 18.1. The van der Waals surface area contributed by atoms with E-state index in [2.05, 4.69) is 5.32 Å². The Kier molecular flexibility index (Phi) is 5.24. The first-order valence-electron chi connectivity index (χ1n) is 8.27. The Morgan fingerprint density at radius 1 is 1.12 bits per heavy atom. The zero-order valence-electron chi connectivity index (χ0n) is 14.0. The van der Waals surface area contributed by atoms with Gasteiger partial charge in [0.2, 0.25) is 0 Å². The Bertz CT molecular complexity index is 878. The highest BCUT2D eigenvalue weighted by atomic mass is 32.2. The number of fused-ring (bicyclic) bond motifs is 1. The van der Waals surface area contributed by atoms with E-state index in [0.717, 1.165) is 44.1 Å². The van der Waals surface area contributed by atoms with Crippen molar-refractivity contribution in [2.24, 2.45) is 0 Å². The summed E-state index contributed by atoms with van der Waals surface area (Å²) in [5.41, 5.74) is 1.09. The maximum absolute atomic E-state index is 14.0. The van der Waals surface area contributed by atoms with Crippen molar-refractivity contribution in [3.05, 3.63) is 45.4 Å². The minimum Gasteiger partial charge on any atom is -0.319 e. The van der Waals surface area contributed by atoms with Gasteiger partial charge < -0.3 is 5.32 Å². The van der Waals surface area contributed by atoms with Gasteiger partial charge in [-0.1, -0.05) is 12.8 Å². The van der Waals surface area contributed by atoms with Gasteiger partial charge >= 0.3 is 0 Å². The van der Waals surface area contributed by atoms with Gasteiger partial charge in [-0.05, 0) is 55.5 Å². The molecule has 2 aromatic rings. The quantitative estimate of drug-likeness (QED) is 0.811. The third-order valence-corrected chi connectivity index (χ3v) is 6.68. The fourth-order valence-corrected chi connectivity index (χ4v) is 4.77. The molecule has 0 saturated carbocycles. The van der Waals surface area contributed by atoms with Crippen LogP contribution in [0.15, 0.2) is 29.2 Å². The molecule has 1 heterocycles. The Labute approximate surface area is 151 Å². The van der Waals surface area contributed by atoms with Crippen molar-refractivity contribution < 1.29 is 17.6 Å². The second kappa shape index (κ2) is 7.25. The van der Waals surface area contributed by atoms with Crippen molar-refractivity contribution >= 4 is 32.8 Å². The fraction of sp³-hybridized carbons (Fsp3) is 0.389. The van der Waals surface area contributed by atoms with Crippen LogP contribution in [0.4, 0.5) is 10.1 Å². The molecule has 0 unspecified atom stereocenters. The van der Waals surface area contributed by atoms with Gasteiger partial charge in [0.15, 0.2) is 9.84 Å². The SMILES string of the molecule is CS(=O)(=O)c1ccc(F)c(NC(=O)c2cc3c(s2)CCCCCC3)c1. The van der Waals surface area contributed by atoms with Crippen LogP contribution in [0, 0.1) is 5.82 Å². The summed E-state index contributed by atoms with van der Waals surface area (Å²) in [7, 11) is -3.47. The molecule has 7 heteroatoms. The molecular weight excluding hydrogens is 361 g/mol. The van der Waals surface area contributed by atoms with Crippen LogP contribution >= 0.6 is 11.3 Å². The lowest BCUT2D eigenvalue weighted by Crippen LogP contribution is -2.12. The minimum atomic E-state index is -3.47. The van der Waals surface area contributed by atoms with Gasteiger partial charge in [-0.2, -0.15) is 0 Å². The summed E-state index contributed by atoms with van der Waals surface area (Å²) in [6.45, 7) is 0. The molecule has 1 N–H and O–H groups in total. The van der Waals surface area contributed by atoms with Gasteiger partial charge in [0.25, 0.3) is 5.91 Å². The van der Waals surface area contributed by atoms with E-state index in [9.17, 15) is 17.6 Å². The maximum atomic E-state index is 14.0. The second-order valence-corrected chi connectivity index (χ2v) is 9.49. The molecule has 0 atom stereocenters. The van der Waals surface area contributed by atoms with E-state index in [1.807, 2.05) is 6.07 Å².